The van der Waals surface area contributed by atoms with Crippen LogP contribution >= 0.6 is 0 Å². The van der Waals surface area contributed by atoms with E-state index in [9.17, 15) is 4.39 Å². The Hall–Kier alpha value is -1.68. The van der Waals surface area contributed by atoms with Gasteiger partial charge in [-0.25, -0.2) is 4.39 Å². The zero-order valence-electron chi connectivity index (χ0n) is 12.6. The lowest BCUT2D eigenvalue weighted by Gasteiger charge is -2.17. The lowest BCUT2D eigenvalue weighted by atomic mass is 10.00. The van der Waals surface area contributed by atoms with Gasteiger partial charge in [0.2, 0.25) is 0 Å². The Kier molecular flexibility index (Phi) is 4.55. The minimum Gasteiger partial charge on any atom is -0.313 e. The fraction of sp³-hybridized carbons (Fsp3) is 0.438. The van der Waals surface area contributed by atoms with Crippen LogP contribution < -0.4 is 5.32 Å². The molecule has 108 valence electrons. The largest absolute Gasteiger partial charge is 0.313 e. The number of hydrogen-bond acceptors (Lipinski definition) is 2. The lowest BCUT2D eigenvalue weighted by molar-refractivity contribution is 0.557. The molecule has 20 heavy (non-hydrogen) atoms. The zero-order valence-corrected chi connectivity index (χ0v) is 12.6. The Morgan fingerprint density at radius 2 is 2.10 bits per heavy atom. The molecule has 0 saturated carbocycles. The molecule has 2 aromatic rings. The molecular weight excluding hydrogens is 253 g/mol. The molecule has 1 N–H and O–H groups in total. The summed E-state index contributed by atoms with van der Waals surface area (Å²) in [6, 6.07) is 7.60. The highest BCUT2D eigenvalue weighted by molar-refractivity contribution is 5.28. The lowest BCUT2D eigenvalue weighted by Crippen LogP contribution is -2.20. The molecule has 0 aliphatic heterocycles. The van der Waals surface area contributed by atoms with Crippen molar-refractivity contribution in [2.45, 2.75) is 32.7 Å². The van der Waals surface area contributed by atoms with Crippen LogP contribution in [0.1, 0.15) is 35.5 Å². The second kappa shape index (κ2) is 6.18. The van der Waals surface area contributed by atoms with E-state index in [1.807, 2.05) is 30.9 Å². The first-order chi connectivity index (χ1) is 9.55. The van der Waals surface area contributed by atoms with Gasteiger partial charge in [-0.1, -0.05) is 19.1 Å². The number of hydrogen-bond donors (Lipinski definition) is 1. The third kappa shape index (κ3) is 3.07. The van der Waals surface area contributed by atoms with Crippen LogP contribution in [0.2, 0.25) is 0 Å². The van der Waals surface area contributed by atoms with Crippen molar-refractivity contribution in [3.8, 4) is 0 Å². The summed E-state index contributed by atoms with van der Waals surface area (Å²) in [6.45, 7) is 3.90. The number of likely N-dealkylation sites (N-methyl/N-ethyl adjacent to an activating group) is 1. The van der Waals surface area contributed by atoms with E-state index in [1.54, 1.807) is 6.92 Å². The van der Waals surface area contributed by atoms with Crippen molar-refractivity contribution in [1.82, 2.24) is 15.1 Å². The Balaban J connectivity index is 2.23. The van der Waals surface area contributed by atoms with Gasteiger partial charge in [0.05, 0.1) is 5.69 Å². The summed E-state index contributed by atoms with van der Waals surface area (Å²) >= 11 is 0. The van der Waals surface area contributed by atoms with Crippen molar-refractivity contribution in [3.63, 3.8) is 0 Å². The van der Waals surface area contributed by atoms with Crippen LogP contribution in [-0.4, -0.2) is 16.8 Å². The Bertz CT molecular complexity index is 589. The second-order valence-electron chi connectivity index (χ2n) is 5.16. The van der Waals surface area contributed by atoms with Crippen molar-refractivity contribution < 1.29 is 4.39 Å². The maximum Gasteiger partial charge on any atom is 0.126 e. The number of benzene rings is 1. The van der Waals surface area contributed by atoms with Gasteiger partial charge in [-0.15, -0.1) is 0 Å². The number of aryl methyl sites for hydroxylation is 3. The average molecular weight is 275 g/mol. The second-order valence-corrected chi connectivity index (χ2v) is 5.16. The molecule has 0 radical (unpaired) electrons. The van der Waals surface area contributed by atoms with Gasteiger partial charge in [0, 0.05) is 25.2 Å². The summed E-state index contributed by atoms with van der Waals surface area (Å²) in [5.74, 6) is -0.155. The van der Waals surface area contributed by atoms with Crippen LogP contribution in [0.15, 0.2) is 24.3 Å². The fourth-order valence-electron chi connectivity index (χ4n) is 2.42. The summed E-state index contributed by atoms with van der Waals surface area (Å²) in [5.41, 5.74) is 4.07. The molecular formula is C16H22FN3. The predicted octanol–water partition coefficient (Wildman–Crippen LogP) is 2.93. The third-order valence-electron chi connectivity index (χ3n) is 3.74. The molecule has 0 fully saturated rings. The molecule has 3 nitrogen and oxygen atoms in total. The molecule has 0 aliphatic carbocycles. The van der Waals surface area contributed by atoms with Crippen molar-refractivity contribution in [1.29, 1.82) is 0 Å². The third-order valence-corrected chi connectivity index (χ3v) is 3.74. The molecule has 1 unspecified atom stereocenters. The molecule has 2 rings (SSSR count). The van der Waals surface area contributed by atoms with E-state index >= 15 is 0 Å². The quantitative estimate of drug-likeness (QED) is 0.909. The van der Waals surface area contributed by atoms with Crippen LogP contribution in [0, 0.1) is 12.7 Å². The average Bonchev–Trinajstić information content (AvgIpc) is 2.80. The van der Waals surface area contributed by atoms with Gasteiger partial charge in [0.1, 0.15) is 5.82 Å². The highest BCUT2D eigenvalue weighted by Gasteiger charge is 2.14. The van der Waals surface area contributed by atoms with Crippen LogP contribution in [0.3, 0.4) is 0 Å². The van der Waals surface area contributed by atoms with E-state index < -0.39 is 0 Å². The van der Waals surface area contributed by atoms with Gasteiger partial charge >= 0.3 is 0 Å². The maximum atomic E-state index is 13.4. The molecule has 1 atom stereocenters. The first-order valence-corrected chi connectivity index (χ1v) is 7.00. The molecule has 0 bridgehead atoms. The van der Waals surface area contributed by atoms with Gasteiger partial charge < -0.3 is 5.32 Å². The van der Waals surface area contributed by atoms with Crippen molar-refractivity contribution >= 4 is 0 Å². The van der Waals surface area contributed by atoms with Gasteiger partial charge in [-0.2, -0.15) is 5.10 Å². The van der Waals surface area contributed by atoms with Gasteiger partial charge in [-0.3, -0.25) is 4.68 Å². The summed E-state index contributed by atoms with van der Waals surface area (Å²) in [6.07, 6.45) is 1.78. The molecule has 0 spiro atoms. The molecule has 1 aromatic carbocycles. The van der Waals surface area contributed by atoms with Crippen LogP contribution in [0.25, 0.3) is 0 Å². The molecule has 1 heterocycles. The number of rotatable bonds is 5. The van der Waals surface area contributed by atoms with Crippen molar-refractivity contribution in [2.75, 3.05) is 7.05 Å². The number of nitrogens with one attached hydrogen (secondary N) is 1. The fourth-order valence-corrected chi connectivity index (χ4v) is 2.42. The van der Waals surface area contributed by atoms with E-state index in [2.05, 4.69) is 23.4 Å². The normalized spacial score (nSPS) is 12.7. The first-order valence-electron chi connectivity index (χ1n) is 7.00. The van der Waals surface area contributed by atoms with E-state index in [-0.39, 0.29) is 11.9 Å². The summed E-state index contributed by atoms with van der Waals surface area (Å²) in [7, 11) is 3.90. The SMILES string of the molecule is CCc1cc(CC(NC)c2ccc(F)c(C)c2)n(C)n1. The smallest absolute Gasteiger partial charge is 0.126 e. The molecule has 1 aromatic heterocycles. The van der Waals surface area contributed by atoms with Crippen LogP contribution in [-0.2, 0) is 19.9 Å². The minimum atomic E-state index is -0.155. The zero-order chi connectivity index (χ0) is 14.7. The number of nitrogens with zero attached hydrogens (tertiary/aromatic N) is 2. The van der Waals surface area contributed by atoms with Gasteiger partial charge in [0.15, 0.2) is 0 Å². The number of aromatic nitrogens is 2. The Morgan fingerprint density at radius 1 is 1.35 bits per heavy atom. The van der Waals surface area contributed by atoms with Gasteiger partial charge in [0.25, 0.3) is 0 Å². The van der Waals surface area contributed by atoms with Crippen LogP contribution in [0.4, 0.5) is 4.39 Å². The molecule has 0 aliphatic rings. The Labute approximate surface area is 119 Å². The highest BCUT2D eigenvalue weighted by Crippen LogP contribution is 2.21. The standard InChI is InChI=1S/C16H22FN3/c1-5-13-9-14(20(4)19-13)10-16(18-3)12-6-7-15(17)11(2)8-12/h6-9,16,18H,5,10H2,1-4H3. The van der Waals surface area contributed by atoms with E-state index in [4.69, 9.17) is 0 Å². The first kappa shape index (κ1) is 14.7. The van der Waals surface area contributed by atoms with Gasteiger partial charge in [-0.05, 0) is 43.7 Å². The predicted molar refractivity (Wildman–Crippen MR) is 79.2 cm³/mol. The molecule has 4 heteroatoms. The highest BCUT2D eigenvalue weighted by atomic mass is 19.1. The van der Waals surface area contributed by atoms with E-state index in [0.29, 0.717) is 5.56 Å². The van der Waals surface area contributed by atoms with E-state index in [1.165, 1.54) is 11.8 Å². The maximum absolute atomic E-state index is 13.4. The topological polar surface area (TPSA) is 29.9 Å². The van der Waals surface area contributed by atoms with E-state index in [0.717, 1.165) is 24.1 Å². The molecule has 0 amide bonds. The van der Waals surface area contributed by atoms with Crippen molar-refractivity contribution in [2.24, 2.45) is 7.05 Å². The van der Waals surface area contributed by atoms with Crippen LogP contribution in [0.5, 0.6) is 0 Å². The minimum absolute atomic E-state index is 0.155. The summed E-state index contributed by atoms with van der Waals surface area (Å²) in [5, 5.41) is 7.78. The summed E-state index contributed by atoms with van der Waals surface area (Å²) in [4.78, 5) is 0. The monoisotopic (exact) mass is 275 g/mol. The van der Waals surface area contributed by atoms with Crippen molar-refractivity contribution in [3.05, 3.63) is 52.6 Å². The number of halogens is 1. The molecule has 0 saturated heterocycles. The Morgan fingerprint density at radius 3 is 2.65 bits per heavy atom. The summed E-state index contributed by atoms with van der Waals surface area (Å²) < 4.78 is 15.3.